The van der Waals surface area contributed by atoms with Crippen LogP contribution in [0.2, 0.25) is 0 Å². The monoisotopic (exact) mass is 443 g/mol. The van der Waals surface area contributed by atoms with Gasteiger partial charge in [-0.25, -0.2) is 9.97 Å². The van der Waals surface area contributed by atoms with Crippen LogP contribution in [0.4, 0.5) is 0 Å². The molecule has 3 aromatic heterocycles. The number of nitrogens with one attached hydrogen (secondary N) is 2. The number of H-pyrrole nitrogens is 1. The van der Waals surface area contributed by atoms with E-state index in [0.717, 1.165) is 4.88 Å². The third-order valence-corrected chi connectivity index (χ3v) is 6.41. The second-order valence-electron chi connectivity index (χ2n) is 8.60. The van der Waals surface area contributed by atoms with Crippen LogP contribution >= 0.6 is 11.3 Å². The molecule has 0 aliphatic carbocycles. The molecule has 0 saturated heterocycles. The van der Waals surface area contributed by atoms with Crippen molar-refractivity contribution in [3.63, 3.8) is 0 Å². The van der Waals surface area contributed by atoms with Gasteiger partial charge in [0.25, 0.3) is 11.8 Å². The van der Waals surface area contributed by atoms with Gasteiger partial charge in [0.1, 0.15) is 5.52 Å². The average molecular weight is 444 g/mol. The predicted molar refractivity (Wildman–Crippen MR) is 122 cm³/mol. The van der Waals surface area contributed by atoms with Crippen molar-refractivity contribution in [1.29, 1.82) is 0 Å². The lowest BCUT2D eigenvalue weighted by Crippen LogP contribution is -2.41. The van der Waals surface area contributed by atoms with Crippen LogP contribution in [0.25, 0.3) is 21.7 Å². The smallest absolute Gasteiger partial charge is 0.263 e. The number of rotatable bonds is 7. The predicted octanol–water partition coefficient (Wildman–Crippen LogP) is 3.57. The first-order valence-electron chi connectivity index (χ1n) is 10.1. The third-order valence-electron chi connectivity index (χ3n) is 5.32. The minimum absolute atomic E-state index is 0.0120. The van der Waals surface area contributed by atoms with Gasteiger partial charge in [-0.3, -0.25) is 9.59 Å². The molecule has 0 unspecified atom stereocenters. The van der Waals surface area contributed by atoms with Crippen molar-refractivity contribution >= 4 is 34.3 Å². The van der Waals surface area contributed by atoms with E-state index in [4.69, 9.17) is 4.74 Å². The number of hydrogen-bond acceptors (Lipinski definition) is 6. The van der Waals surface area contributed by atoms with Crippen molar-refractivity contribution in [3.8, 4) is 10.6 Å². The highest BCUT2D eigenvalue weighted by Gasteiger charge is 2.24. The molecule has 0 aliphatic rings. The summed E-state index contributed by atoms with van der Waals surface area (Å²) in [5.74, 6) is -0.262. The second-order valence-corrected chi connectivity index (χ2v) is 9.68. The highest BCUT2D eigenvalue weighted by molar-refractivity contribution is 7.17. The molecule has 0 fully saturated rings. The molecule has 0 saturated carbocycles. The summed E-state index contributed by atoms with van der Waals surface area (Å²) in [7, 11) is 3.35. The van der Waals surface area contributed by atoms with E-state index in [9.17, 15) is 9.59 Å². The highest BCUT2D eigenvalue weighted by Crippen LogP contribution is 2.29. The fourth-order valence-electron chi connectivity index (χ4n) is 2.78. The molecule has 166 valence electrons. The van der Waals surface area contributed by atoms with E-state index in [1.165, 1.54) is 11.3 Å². The summed E-state index contributed by atoms with van der Waals surface area (Å²) in [5.41, 5.74) is 2.06. The molecule has 3 rings (SSSR count). The number of aromatic nitrogens is 3. The van der Waals surface area contributed by atoms with Gasteiger partial charge in [0, 0.05) is 32.9 Å². The summed E-state index contributed by atoms with van der Waals surface area (Å²) in [4.78, 5) is 40.6. The van der Waals surface area contributed by atoms with Gasteiger partial charge < -0.3 is 19.9 Å². The van der Waals surface area contributed by atoms with Crippen LogP contribution in [0, 0.1) is 5.41 Å². The van der Waals surface area contributed by atoms with Crippen LogP contribution in [-0.4, -0.2) is 65.0 Å². The molecule has 8 nitrogen and oxygen atoms in total. The maximum Gasteiger partial charge on any atom is 0.263 e. The zero-order valence-electron chi connectivity index (χ0n) is 18.8. The Bertz CT molecular complexity index is 1080. The summed E-state index contributed by atoms with van der Waals surface area (Å²) < 4.78 is 5.03. The Morgan fingerprint density at radius 2 is 2.06 bits per heavy atom. The molecule has 0 spiro atoms. The number of ether oxygens (including phenoxy) is 1. The molecule has 0 bridgehead atoms. The fourth-order valence-corrected chi connectivity index (χ4v) is 3.74. The van der Waals surface area contributed by atoms with Crippen LogP contribution in [0.1, 0.15) is 47.7 Å². The Labute approximate surface area is 186 Å². The summed E-state index contributed by atoms with van der Waals surface area (Å²) in [6.45, 7) is 9.21. The molecule has 9 heteroatoms. The van der Waals surface area contributed by atoms with Crippen molar-refractivity contribution in [1.82, 2.24) is 25.2 Å². The van der Waals surface area contributed by atoms with E-state index in [2.05, 4.69) is 41.0 Å². The van der Waals surface area contributed by atoms with Crippen LogP contribution in [-0.2, 0) is 4.74 Å². The Balaban J connectivity index is 1.85. The number of amides is 2. The highest BCUT2D eigenvalue weighted by atomic mass is 32.1. The molecule has 0 radical (unpaired) electrons. The van der Waals surface area contributed by atoms with Crippen molar-refractivity contribution in [2.45, 2.75) is 33.7 Å². The number of thiophene rings is 1. The minimum atomic E-state index is -0.193. The summed E-state index contributed by atoms with van der Waals surface area (Å²) in [5, 5.41) is 3.04. The number of hydrogen-bond donors (Lipinski definition) is 2. The normalized spacial score (nSPS) is 12.7. The first-order valence-corrected chi connectivity index (χ1v) is 10.9. The van der Waals surface area contributed by atoms with Crippen molar-refractivity contribution < 1.29 is 14.3 Å². The van der Waals surface area contributed by atoms with Crippen LogP contribution in [0.3, 0.4) is 0 Å². The standard InChI is InChI=1S/C22H29N5O3S/c1-13(22(2,3)4)25-20(28)14-11-23-19-18(14)26-15(12-24-19)16-7-8-17(31-16)21(29)27(5)9-10-30-6/h7-8,11-13H,9-10H2,1-6H3,(H,23,24)(H,25,28)/t13-/m0/s1. The number of likely N-dealkylation sites (N-methyl/N-ethyl adjacent to an activating group) is 1. The zero-order chi connectivity index (χ0) is 22.8. The molecule has 0 aliphatic heterocycles. The van der Waals surface area contributed by atoms with Gasteiger partial charge in [-0.05, 0) is 24.5 Å². The van der Waals surface area contributed by atoms with Crippen LogP contribution in [0.15, 0.2) is 24.5 Å². The molecule has 3 heterocycles. The number of carbonyl (C=O) groups is 2. The number of methoxy groups -OCH3 is 1. The van der Waals surface area contributed by atoms with Gasteiger partial charge in [0.15, 0.2) is 5.65 Å². The zero-order valence-corrected chi connectivity index (χ0v) is 19.6. The molecule has 2 amide bonds. The molecule has 3 aromatic rings. The van der Waals surface area contributed by atoms with E-state index in [1.54, 1.807) is 37.5 Å². The van der Waals surface area contributed by atoms with Crippen LogP contribution < -0.4 is 5.32 Å². The Kier molecular flexibility index (Phi) is 6.76. The summed E-state index contributed by atoms with van der Waals surface area (Å²) in [6.07, 6.45) is 3.28. The summed E-state index contributed by atoms with van der Waals surface area (Å²) in [6, 6.07) is 3.63. The first kappa shape index (κ1) is 22.9. The fraction of sp³-hybridized carbons (Fsp3) is 0.455. The maximum atomic E-state index is 12.8. The van der Waals surface area contributed by atoms with E-state index < -0.39 is 0 Å². The van der Waals surface area contributed by atoms with Gasteiger partial charge in [0.05, 0.1) is 33.8 Å². The molecule has 2 N–H and O–H groups in total. The number of nitrogens with zero attached hydrogens (tertiary/aromatic N) is 3. The molecular weight excluding hydrogens is 414 g/mol. The Morgan fingerprint density at radius 3 is 2.74 bits per heavy atom. The van der Waals surface area contributed by atoms with E-state index >= 15 is 0 Å². The molecule has 1 atom stereocenters. The van der Waals surface area contributed by atoms with Crippen molar-refractivity contribution in [2.24, 2.45) is 5.41 Å². The Hall–Kier alpha value is -2.78. The summed E-state index contributed by atoms with van der Waals surface area (Å²) >= 11 is 1.35. The largest absolute Gasteiger partial charge is 0.383 e. The van der Waals surface area contributed by atoms with Gasteiger partial charge in [-0.15, -0.1) is 11.3 Å². The van der Waals surface area contributed by atoms with Gasteiger partial charge in [-0.1, -0.05) is 20.8 Å². The minimum Gasteiger partial charge on any atom is -0.383 e. The molecule has 31 heavy (non-hydrogen) atoms. The topological polar surface area (TPSA) is 100 Å². The van der Waals surface area contributed by atoms with Gasteiger partial charge in [0.2, 0.25) is 0 Å². The first-order chi connectivity index (χ1) is 14.6. The third kappa shape index (κ3) is 5.11. The lowest BCUT2D eigenvalue weighted by atomic mass is 9.88. The van der Waals surface area contributed by atoms with Crippen LogP contribution in [0.5, 0.6) is 0 Å². The van der Waals surface area contributed by atoms with E-state index in [-0.39, 0.29) is 23.3 Å². The Morgan fingerprint density at radius 1 is 1.32 bits per heavy atom. The lowest BCUT2D eigenvalue weighted by Gasteiger charge is -2.27. The molecule has 0 aromatic carbocycles. The van der Waals surface area contributed by atoms with Crippen molar-refractivity contribution in [2.75, 3.05) is 27.3 Å². The SMILES string of the molecule is COCCN(C)C(=O)c1ccc(-c2cnc3[nH]cc(C(=O)N[C@@H](C)C(C)(C)C)c3n2)s1. The lowest BCUT2D eigenvalue weighted by molar-refractivity contribution is 0.0748. The average Bonchev–Trinajstić information content (AvgIpc) is 3.37. The van der Waals surface area contributed by atoms with E-state index in [0.29, 0.717) is 40.5 Å². The second kappa shape index (κ2) is 9.15. The molecular formula is C22H29N5O3S. The number of aromatic amines is 1. The van der Waals surface area contributed by atoms with E-state index in [1.807, 2.05) is 13.0 Å². The number of carbonyl (C=O) groups excluding carboxylic acids is 2. The maximum absolute atomic E-state index is 12.8. The van der Waals surface area contributed by atoms with Gasteiger partial charge in [-0.2, -0.15) is 0 Å². The van der Waals surface area contributed by atoms with Crippen molar-refractivity contribution in [3.05, 3.63) is 35.0 Å². The quantitative estimate of drug-likeness (QED) is 0.581. The number of fused-ring (bicyclic) bond motifs is 1. The van der Waals surface area contributed by atoms with Gasteiger partial charge >= 0.3 is 0 Å².